The van der Waals surface area contributed by atoms with Crippen molar-refractivity contribution in [1.82, 2.24) is 0 Å². The summed E-state index contributed by atoms with van der Waals surface area (Å²) in [6.07, 6.45) is 5.81. The van der Waals surface area contributed by atoms with E-state index in [1.165, 1.54) is 12.1 Å². The fourth-order valence-corrected chi connectivity index (χ4v) is 5.30. The Morgan fingerprint density at radius 2 is 1.52 bits per heavy atom. The van der Waals surface area contributed by atoms with E-state index in [1.54, 1.807) is 55.5 Å². The van der Waals surface area contributed by atoms with E-state index in [-0.39, 0.29) is 32.9 Å². The van der Waals surface area contributed by atoms with Crippen LogP contribution < -0.4 is 0 Å². The molecule has 0 saturated carbocycles. The number of hydrogen-bond acceptors (Lipinski definition) is 7. The van der Waals surface area contributed by atoms with Crippen molar-refractivity contribution in [3.63, 3.8) is 0 Å². The van der Waals surface area contributed by atoms with Gasteiger partial charge in [0.1, 0.15) is 4.90 Å². The molecule has 2 aromatic rings. The largest absolute Gasteiger partial charge is 0.297 e. The molecule has 7 nitrogen and oxygen atoms in total. The second-order valence-corrected chi connectivity index (χ2v) is 11.2. The third-order valence-corrected chi connectivity index (χ3v) is 7.69. The molecule has 0 N–H and O–H groups in total. The van der Waals surface area contributed by atoms with Gasteiger partial charge in [0.2, 0.25) is 0 Å². The molecule has 0 fully saturated rings. The first-order valence-corrected chi connectivity index (χ1v) is 13.1. The number of sulfone groups is 1. The molecule has 0 aromatic heterocycles. The molecule has 0 radical (unpaired) electrons. The third-order valence-electron chi connectivity index (χ3n) is 5.22. The van der Waals surface area contributed by atoms with Gasteiger partial charge in [-0.05, 0) is 12.1 Å². The summed E-state index contributed by atoms with van der Waals surface area (Å²) in [6, 6.07) is 11.3. The van der Waals surface area contributed by atoms with Crippen LogP contribution in [0.15, 0.2) is 71.7 Å². The highest BCUT2D eigenvalue weighted by Gasteiger charge is 2.27. The van der Waals surface area contributed by atoms with Crippen LogP contribution in [0.2, 0.25) is 0 Å². The molecular weight excluding hydrogens is 464 g/mol. The third kappa shape index (κ3) is 4.80. The Labute approximate surface area is 193 Å². The molecule has 4 rings (SSSR count). The van der Waals surface area contributed by atoms with Crippen LogP contribution in [0.4, 0.5) is 0 Å². The molecule has 0 amide bonds. The highest BCUT2D eigenvalue weighted by atomic mass is 32.2. The number of Topliss-reactive ketones (excluding diaryl/α,β-unsaturated/α-hetero) is 2. The lowest BCUT2D eigenvalue weighted by Gasteiger charge is -2.16. The van der Waals surface area contributed by atoms with Crippen molar-refractivity contribution in [2.24, 2.45) is 5.92 Å². The fourth-order valence-electron chi connectivity index (χ4n) is 3.49. The van der Waals surface area contributed by atoms with Gasteiger partial charge in [0, 0.05) is 40.0 Å². The van der Waals surface area contributed by atoms with Crippen LogP contribution in [0.25, 0.3) is 11.0 Å². The molecule has 2 aromatic carbocycles. The number of allylic oxidation sites excluding steroid dienone is 3. The van der Waals surface area contributed by atoms with E-state index in [9.17, 15) is 26.4 Å². The Hall–Kier alpha value is -3.14. The number of rotatable bonds is 3. The van der Waals surface area contributed by atoms with Gasteiger partial charge in [-0.15, -0.1) is 0 Å². The molecule has 1 unspecified atom stereocenters. The smallest absolute Gasteiger partial charge is 0.294 e. The minimum Gasteiger partial charge on any atom is -0.294 e. The molecule has 0 saturated heterocycles. The highest BCUT2D eigenvalue weighted by Crippen LogP contribution is 2.31. The van der Waals surface area contributed by atoms with Crippen molar-refractivity contribution in [1.29, 1.82) is 0 Å². The van der Waals surface area contributed by atoms with Gasteiger partial charge in [-0.1, -0.05) is 62.1 Å². The maximum Gasteiger partial charge on any atom is 0.297 e. The molecule has 2 aliphatic rings. The Morgan fingerprint density at radius 1 is 0.909 bits per heavy atom. The van der Waals surface area contributed by atoms with Gasteiger partial charge in [-0.2, -0.15) is 8.42 Å². The zero-order chi connectivity index (χ0) is 24.6. The first-order chi connectivity index (χ1) is 15.4. The predicted octanol–water partition coefficient (Wildman–Crippen LogP) is 3.69. The second-order valence-electron chi connectivity index (χ2n) is 7.53. The molecule has 172 valence electrons. The molecule has 0 bridgehead atoms. The number of benzene rings is 2. The maximum atomic E-state index is 11.9. The summed E-state index contributed by atoms with van der Waals surface area (Å²) in [5, 5.41) is 0. The fraction of sp³-hybridized carbons (Fsp3) is 0.167. The average molecular weight is 487 g/mol. The topological polar surface area (TPSA) is 112 Å². The van der Waals surface area contributed by atoms with Gasteiger partial charge in [-0.3, -0.25) is 13.8 Å². The lowest BCUT2D eigenvalue weighted by atomic mass is 9.89. The van der Waals surface area contributed by atoms with E-state index in [4.69, 9.17) is 0 Å². The molecule has 1 atom stereocenters. The first kappa shape index (κ1) is 24.5. The number of ketones is 2. The number of fused-ring (bicyclic) bond motifs is 2. The van der Waals surface area contributed by atoms with Crippen molar-refractivity contribution in [2.75, 3.05) is 13.4 Å². The lowest BCUT2D eigenvalue weighted by Crippen LogP contribution is -2.16. The van der Waals surface area contributed by atoms with Gasteiger partial charge in [0.05, 0.1) is 12.0 Å². The average Bonchev–Trinajstić information content (AvgIpc) is 2.78. The molecule has 0 heterocycles. The predicted molar refractivity (Wildman–Crippen MR) is 126 cm³/mol. The number of carbonyl (C=O) groups is 2. The van der Waals surface area contributed by atoms with E-state index in [0.29, 0.717) is 22.3 Å². The number of hydrogen-bond donors (Lipinski definition) is 0. The SMILES string of the molecule is C=C1C=C(S(C)(=O)=O)c2ccccc2C1=O.COS(=O)(=O)c1cccc2c1C=CC(C)C2=O. The van der Waals surface area contributed by atoms with E-state index in [1.807, 2.05) is 0 Å². The minimum atomic E-state index is -3.78. The van der Waals surface area contributed by atoms with Crippen LogP contribution in [-0.4, -0.2) is 41.8 Å². The summed E-state index contributed by atoms with van der Waals surface area (Å²) in [6.45, 7) is 5.34. The van der Waals surface area contributed by atoms with Gasteiger partial charge >= 0.3 is 0 Å². The zero-order valence-electron chi connectivity index (χ0n) is 18.2. The normalized spacial score (nSPS) is 17.5. The summed E-state index contributed by atoms with van der Waals surface area (Å²) in [5.41, 5.74) is 1.91. The molecule has 33 heavy (non-hydrogen) atoms. The van der Waals surface area contributed by atoms with Crippen molar-refractivity contribution in [3.8, 4) is 0 Å². The van der Waals surface area contributed by atoms with Crippen molar-refractivity contribution in [3.05, 3.63) is 89.0 Å². The van der Waals surface area contributed by atoms with Crippen LogP contribution >= 0.6 is 0 Å². The van der Waals surface area contributed by atoms with Crippen LogP contribution in [0.1, 0.15) is 38.8 Å². The minimum absolute atomic E-state index is 0.0361. The molecule has 0 aliphatic heterocycles. The van der Waals surface area contributed by atoms with Crippen LogP contribution in [0.3, 0.4) is 0 Å². The number of carbonyl (C=O) groups excluding carboxylic acids is 2. The summed E-state index contributed by atoms with van der Waals surface area (Å²) in [4.78, 5) is 23.8. The van der Waals surface area contributed by atoms with Crippen molar-refractivity contribution < 1.29 is 30.6 Å². The summed E-state index contributed by atoms with van der Waals surface area (Å²) < 4.78 is 51.0. The van der Waals surface area contributed by atoms with Crippen molar-refractivity contribution >= 4 is 42.5 Å². The Bertz CT molecular complexity index is 1440. The van der Waals surface area contributed by atoms with E-state index < -0.39 is 20.0 Å². The monoisotopic (exact) mass is 486 g/mol. The van der Waals surface area contributed by atoms with E-state index >= 15 is 0 Å². The summed E-state index contributed by atoms with van der Waals surface area (Å²) in [7, 11) is -6.03. The Balaban J connectivity index is 0.000000186. The van der Waals surface area contributed by atoms with Crippen molar-refractivity contribution in [2.45, 2.75) is 11.8 Å². The van der Waals surface area contributed by atoms with Gasteiger partial charge in [0.25, 0.3) is 10.1 Å². The highest BCUT2D eigenvalue weighted by molar-refractivity contribution is 8.00. The maximum absolute atomic E-state index is 11.9. The molecular formula is C24H22O7S2. The zero-order valence-corrected chi connectivity index (χ0v) is 19.9. The summed E-state index contributed by atoms with van der Waals surface area (Å²) in [5.74, 6) is -0.512. The first-order valence-electron chi connectivity index (χ1n) is 9.79. The molecule has 0 spiro atoms. The van der Waals surface area contributed by atoms with E-state index in [2.05, 4.69) is 10.8 Å². The van der Waals surface area contributed by atoms with Crippen LogP contribution in [0.5, 0.6) is 0 Å². The molecule has 2 aliphatic carbocycles. The van der Waals surface area contributed by atoms with Crippen LogP contribution in [0, 0.1) is 5.92 Å². The second kappa shape index (κ2) is 9.01. The Kier molecular flexibility index (Phi) is 6.69. The standard InChI is InChI=1S/C12H12O4S.C12H10O3S/c1-8-6-7-9-10(12(8)13)4-3-5-11(9)17(14,15)16-2;1-8-7-11(16(2,14)15)9-5-3-4-6-10(9)12(8)13/h3-8H,1-2H3;3-7H,1H2,2H3. The quantitative estimate of drug-likeness (QED) is 0.480. The lowest BCUT2D eigenvalue weighted by molar-refractivity contribution is 0.0950. The van der Waals surface area contributed by atoms with Gasteiger partial charge in [0.15, 0.2) is 21.4 Å². The summed E-state index contributed by atoms with van der Waals surface area (Å²) >= 11 is 0. The van der Waals surface area contributed by atoms with Crippen LogP contribution in [-0.2, 0) is 24.1 Å². The van der Waals surface area contributed by atoms with E-state index in [0.717, 1.165) is 13.4 Å². The molecule has 9 heteroatoms. The van der Waals surface area contributed by atoms with Gasteiger partial charge < -0.3 is 0 Å². The van der Waals surface area contributed by atoms with Gasteiger partial charge in [-0.25, -0.2) is 8.42 Å². The Morgan fingerprint density at radius 3 is 2.12 bits per heavy atom.